The van der Waals surface area contributed by atoms with Gasteiger partial charge in [-0.15, -0.1) is 0 Å². The largest absolute Gasteiger partial charge is 0.457 e. The van der Waals surface area contributed by atoms with Gasteiger partial charge in [0.2, 0.25) is 22.8 Å². The van der Waals surface area contributed by atoms with E-state index in [1.165, 1.54) is 0 Å². The van der Waals surface area contributed by atoms with Gasteiger partial charge < -0.3 is 20.3 Å². The van der Waals surface area contributed by atoms with Crippen molar-refractivity contribution in [1.29, 1.82) is 0 Å². The second-order valence-electron chi connectivity index (χ2n) is 10.3. The lowest BCUT2D eigenvalue weighted by atomic mass is 9.94. The van der Waals surface area contributed by atoms with Crippen LogP contribution in [0, 0.1) is 5.92 Å². The molecule has 3 aromatic carbocycles. The fourth-order valence-electron chi connectivity index (χ4n) is 5.17. The van der Waals surface area contributed by atoms with Gasteiger partial charge in [0.15, 0.2) is 0 Å². The average Bonchev–Trinajstić information content (AvgIpc) is 3.00. The fourth-order valence-corrected chi connectivity index (χ4v) is 5.79. The van der Waals surface area contributed by atoms with Crippen LogP contribution in [0.5, 0.6) is 11.5 Å². The number of aryl methyl sites for hydroxylation is 1. The molecule has 2 aliphatic heterocycles. The molecule has 0 fully saturated rings. The third kappa shape index (κ3) is 6.79. The maximum Gasteiger partial charge on any atom is 0.237 e. The van der Waals surface area contributed by atoms with E-state index in [2.05, 4.69) is 10.6 Å². The zero-order valence-electron chi connectivity index (χ0n) is 22.9. The Kier molecular flexibility index (Phi) is 9.04. The van der Waals surface area contributed by atoms with Crippen molar-refractivity contribution in [3.63, 3.8) is 0 Å². The molecule has 2 heterocycles. The van der Waals surface area contributed by atoms with Gasteiger partial charge in [-0.3, -0.25) is 19.2 Å². The van der Waals surface area contributed by atoms with Crippen molar-refractivity contribution in [2.45, 2.75) is 38.6 Å². The number of nitrogens with one attached hydrogen (secondary N) is 2. The molecule has 0 radical (unpaired) electrons. The second-order valence-corrected chi connectivity index (χ2v) is 11.3. The molecule has 41 heavy (non-hydrogen) atoms. The summed E-state index contributed by atoms with van der Waals surface area (Å²) in [5, 5.41) is 5.46. The number of rotatable bonds is 9. The Balaban J connectivity index is 1.05. The van der Waals surface area contributed by atoms with Crippen molar-refractivity contribution in [3.8, 4) is 11.5 Å². The molecule has 3 amide bonds. The SMILES string of the molecule is C[C@@H](CCC(=O)NC1c2ccccc2Oc2ccccc21)C(=O)NCC(=O)SCC(=O)N1CCCc2ccccc21. The number of hydrogen-bond donors (Lipinski definition) is 2. The van der Waals surface area contributed by atoms with Crippen molar-refractivity contribution in [3.05, 3.63) is 89.5 Å². The van der Waals surface area contributed by atoms with Gasteiger partial charge in [-0.25, -0.2) is 0 Å². The average molecular weight is 572 g/mol. The molecule has 9 heteroatoms. The highest BCUT2D eigenvalue weighted by Crippen LogP contribution is 2.42. The third-order valence-electron chi connectivity index (χ3n) is 7.41. The number of para-hydroxylation sites is 3. The molecule has 8 nitrogen and oxygen atoms in total. The summed E-state index contributed by atoms with van der Waals surface area (Å²) in [5.41, 5.74) is 3.81. The van der Waals surface area contributed by atoms with Crippen LogP contribution in [0.25, 0.3) is 0 Å². The Morgan fingerprint density at radius 2 is 1.61 bits per heavy atom. The van der Waals surface area contributed by atoms with E-state index in [9.17, 15) is 19.2 Å². The van der Waals surface area contributed by atoms with Gasteiger partial charge in [0.1, 0.15) is 11.5 Å². The zero-order valence-corrected chi connectivity index (χ0v) is 23.7. The number of thioether (sulfide) groups is 1. The van der Waals surface area contributed by atoms with E-state index in [0.717, 1.165) is 47.0 Å². The maximum atomic E-state index is 12.9. The Hall–Kier alpha value is -4.11. The number of anilines is 1. The van der Waals surface area contributed by atoms with Crippen LogP contribution in [0.2, 0.25) is 0 Å². The van der Waals surface area contributed by atoms with Crippen molar-refractivity contribution >= 4 is 40.3 Å². The summed E-state index contributed by atoms with van der Waals surface area (Å²) in [4.78, 5) is 52.4. The molecule has 0 spiro atoms. The van der Waals surface area contributed by atoms with Gasteiger partial charge in [0, 0.05) is 35.7 Å². The lowest BCUT2D eigenvalue weighted by molar-refractivity contribution is -0.127. The molecule has 0 unspecified atom stereocenters. The topological polar surface area (TPSA) is 105 Å². The molecular formula is C32H33N3O5S. The minimum Gasteiger partial charge on any atom is -0.457 e. The molecule has 0 aliphatic carbocycles. The van der Waals surface area contributed by atoms with E-state index in [-0.39, 0.29) is 47.6 Å². The van der Waals surface area contributed by atoms with Crippen LogP contribution < -0.4 is 20.3 Å². The van der Waals surface area contributed by atoms with Crippen molar-refractivity contribution in [1.82, 2.24) is 10.6 Å². The predicted octanol–water partition coefficient (Wildman–Crippen LogP) is 4.77. The molecule has 0 bridgehead atoms. The van der Waals surface area contributed by atoms with Gasteiger partial charge in [-0.1, -0.05) is 73.3 Å². The van der Waals surface area contributed by atoms with Gasteiger partial charge in [0.05, 0.1) is 18.3 Å². The summed E-state index contributed by atoms with van der Waals surface area (Å²) in [5.74, 6) is 0.381. The summed E-state index contributed by atoms with van der Waals surface area (Å²) in [7, 11) is 0. The molecule has 0 saturated carbocycles. The van der Waals surface area contributed by atoms with E-state index in [1.54, 1.807) is 11.8 Å². The van der Waals surface area contributed by atoms with E-state index in [0.29, 0.717) is 24.5 Å². The standard InChI is InChI=1S/C32H33N3O5S/c1-21(16-17-28(36)34-31-23-11-3-6-14-26(23)40-27-15-7-4-12-24(27)31)32(39)33-19-30(38)41-20-29(37)35-18-8-10-22-9-2-5-13-25(22)35/h2-7,9,11-15,21,31H,8,10,16-20H2,1H3,(H,33,39)(H,34,36)/t21-/m0/s1. The van der Waals surface area contributed by atoms with Crippen LogP contribution in [-0.2, 0) is 25.6 Å². The lowest BCUT2D eigenvalue weighted by Crippen LogP contribution is -2.37. The molecule has 0 saturated heterocycles. The van der Waals surface area contributed by atoms with Crippen LogP contribution >= 0.6 is 11.8 Å². The second kappa shape index (κ2) is 13.0. The van der Waals surface area contributed by atoms with Crippen LogP contribution in [0.15, 0.2) is 72.8 Å². The highest BCUT2D eigenvalue weighted by atomic mass is 32.2. The first-order valence-electron chi connectivity index (χ1n) is 13.9. The minimum atomic E-state index is -0.459. The van der Waals surface area contributed by atoms with Gasteiger partial charge >= 0.3 is 0 Å². The number of fused-ring (bicyclic) bond motifs is 3. The Morgan fingerprint density at radius 3 is 2.34 bits per heavy atom. The number of benzene rings is 3. The molecule has 212 valence electrons. The third-order valence-corrected chi connectivity index (χ3v) is 8.27. The van der Waals surface area contributed by atoms with Crippen LogP contribution in [0.1, 0.15) is 48.9 Å². The molecule has 0 aromatic heterocycles. The molecule has 3 aromatic rings. The van der Waals surface area contributed by atoms with E-state index in [1.807, 2.05) is 72.8 Å². The first-order valence-corrected chi connectivity index (χ1v) is 14.9. The highest BCUT2D eigenvalue weighted by molar-refractivity contribution is 8.14. The van der Waals surface area contributed by atoms with Crippen molar-refractivity contribution in [2.24, 2.45) is 5.92 Å². The number of hydrogen-bond acceptors (Lipinski definition) is 6. The Bertz CT molecular complexity index is 1410. The monoisotopic (exact) mass is 571 g/mol. The van der Waals surface area contributed by atoms with Gasteiger partial charge in [-0.05, 0) is 43.0 Å². The number of carbonyl (C=O) groups excluding carboxylic acids is 4. The van der Waals surface area contributed by atoms with E-state index in [4.69, 9.17) is 4.74 Å². The number of carbonyl (C=O) groups is 4. The van der Waals surface area contributed by atoms with E-state index < -0.39 is 5.92 Å². The Labute approximate surface area is 243 Å². The molecular weight excluding hydrogens is 538 g/mol. The first kappa shape index (κ1) is 28.4. The molecule has 1 atom stereocenters. The van der Waals surface area contributed by atoms with Crippen LogP contribution in [-0.4, -0.2) is 41.7 Å². The zero-order chi connectivity index (χ0) is 28.8. The number of ether oxygens (including phenoxy) is 1. The van der Waals surface area contributed by atoms with Crippen LogP contribution in [0.4, 0.5) is 5.69 Å². The Morgan fingerprint density at radius 1 is 0.951 bits per heavy atom. The van der Waals surface area contributed by atoms with E-state index >= 15 is 0 Å². The quantitative estimate of drug-likeness (QED) is 0.384. The maximum absolute atomic E-state index is 12.9. The molecule has 2 N–H and O–H groups in total. The summed E-state index contributed by atoms with van der Waals surface area (Å²) >= 11 is 0.914. The van der Waals surface area contributed by atoms with Gasteiger partial charge in [-0.2, -0.15) is 0 Å². The lowest BCUT2D eigenvalue weighted by Gasteiger charge is -2.29. The summed E-state index contributed by atoms with van der Waals surface area (Å²) in [6, 6.07) is 22.7. The normalized spacial score (nSPS) is 14.5. The molecule has 5 rings (SSSR count). The van der Waals surface area contributed by atoms with Crippen LogP contribution in [0.3, 0.4) is 0 Å². The summed E-state index contributed by atoms with van der Waals surface area (Å²) in [6.45, 7) is 2.20. The highest BCUT2D eigenvalue weighted by Gasteiger charge is 2.28. The minimum absolute atomic E-state index is 0.0250. The summed E-state index contributed by atoms with van der Waals surface area (Å²) < 4.78 is 5.99. The van der Waals surface area contributed by atoms with Crippen molar-refractivity contribution in [2.75, 3.05) is 23.7 Å². The predicted molar refractivity (Wildman–Crippen MR) is 159 cm³/mol. The van der Waals surface area contributed by atoms with Gasteiger partial charge in [0.25, 0.3) is 0 Å². The summed E-state index contributed by atoms with van der Waals surface area (Å²) in [6.07, 6.45) is 2.32. The first-order chi connectivity index (χ1) is 19.9. The molecule has 2 aliphatic rings. The smallest absolute Gasteiger partial charge is 0.237 e. The number of nitrogens with zero attached hydrogens (tertiary/aromatic N) is 1. The fraction of sp³-hybridized carbons (Fsp3) is 0.312. The number of amides is 3. The van der Waals surface area contributed by atoms with Crippen molar-refractivity contribution < 1.29 is 23.9 Å².